The molecule has 1 fully saturated rings. The number of ether oxygens (including phenoxy) is 1. The Kier molecular flexibility index (Phi) is 7.41. The minimum absolute atomic E-state index is 0.116. The number of piperazine rings is 1. The molecule has 3 rings (SSSR count). The number of allylic oxidation sites excluding steroid dienone is 1. The predicted octanol–water partition coefficient (Wildman–Crippen LogP) is 2.99. The van der Waals surface area contributed by atoms with Crippen LogP contribution in [-0.2, 0) is 9.53 Å². The Morgan fingerprint density at radius 1 is 1.24 bits per heavy atom. The molecular formula is C23H27ClN6O4. The van der Waals surface area contributed by atoms with Crippen LogP contribution in [-0.4, -0.2) is 75.5 Å². The van der Waals surface area contributed by atoms with Crippen molar-refractivity contribution in [2.75, 3.05) is 26.2 Å². The number of halogens is 1. The quantitative estimate of drug-likeness (QED) is 0.379. The van der Waals surface area contributed by atoms with Crippen molar-refractivity contribution in [3.05, 3.63) is 47.5 Å². The van der Waals surface area contributed by atoms with Crippen LogP contribution in [0.2, 0.25) is 5.02 Å². The highest BCUT2D eigenvalue weighted by molar-refractivity contribution is 6.47. The summed E-state index contributed by atoms with van der Waals surface area (Å²) in [5, 5.41) is 0.551. The molecule has 2 aromatic heterocycles. The second kappa shape index (κ2) is 10.1. The zero-order valence-corrected chi connectivity index (χ0v) is 20.1. The molecule has 0 unspecified atom stereocenters. The van der Waals surface area contributed by atoms with E-state index in [9.17, 15) is 14.4 Å². The number of nitrogens with two attached hydrogens (primary N) is 1. The number of nitrogens with zero attached hydrogens (tertiary/aromatic N) is 4. The number of fused-ring (bicyclic) bond motifs is 1. The Balaban J connectivity index is 1.79. The lowest BCUT2D eigenvalue weighted by Gasteiger charge is -2.35. The Morgan fingerprint density at radius 2 is 1.88 bits per heavy atom. The molecule has 180 valence electrons. The summed E-state index contributed by atoms with van der Waals surface area (Å²) in [6.45, 7) is 9.86. The number of carbonyl (C=O) groups excluding carboxylic acids is 3. The highest BCUT2D eigenvalue weighted by atomic mass is 35.5. The molecule has 0 atom stereocenters. The molecule has 0 bridgehead atoms. The smallest absolute Gasteiger partial charge is 0.410 e. The number of amides is 2. The van der Waals surface area contributed by atoms with Gasteiger partial charge in [-0.1, -0.05) is 24.3 Å². The van der Waals surface area contributed by atoms with E-state index in [1.165, 1.54) is 40.7 Å². The van der Waals surface area contributed by atoms with Crippen molar-refractivity contribution in [1.82, 2.24) is 19.8 Å². The maximum atomic E-state index is 13.1. The maximum absolute atomic E-state index is 13.1. The summed E-state index contributed by atoms with van der Waals surface area (Å²) in [6.07, 6.45) is 6.70. The van der Waals surface area contributed by atoms with Gasteiger partial charge in [-0.05, 0) is 20.8 Å². The number of aliphatic imine (C=N–C) groups is 1. The molecule has 0 radical (unpaired) electrons. The monoisotopic (exact) mass is 486 g/mol. The number of Topliss-reactive ketones (excluding diaryl/α,β-unsaturated/α-hetero) is 1. The van der Waals surface area contributed by atoms with Crippen LogP contribution in [0.25, 0.3) is 16.6 Å². The number of H-pyrrole nitrogens is 1. The first-order chi connectivity index (χ1) is 16.0. The van der Waals surface area contributed by atoms with Gasteiger partial charge in [0.1, 0.15) is 11.3 Å². The molecule has 3 heterocycles. The fourth-order valence-electron chi connectivity index (χ4n) is 3.43. The van der Waals surface area contributed by atoms with E-state index in [1.54, 1.807) is 20.8 Å². The molecule has 2 amide bonds. The van der Waals surface area contributed by atoms with Crippen molar-refractivity contribution in [2.45, 2.75) is 26.4 Å². The Labute approximate surface area is 202 Å². The summed E-state index contributed by atoms with van der Waals surface area (Å²) in [5.74, 6) is -1.40. The number of aromatic nitrogens is 2. The van der Waals surface area contributed by atoms with Gasteiger partial charge in [0.15, 0.2) is 0 Å². The average Bonchev–Trinajstić information content (AvgIpc) is 3.23. The van der Waals surface area contributed by atoms with E-state index in [2.05, 4.69) is 21.5 Å². The van der Waals surface area contributed by atoms with Crippen LogP contribution in [0.1, 0.15) is 36.8 Å². The zero-order valence-electron chi connectivity index (χ0n) is 19.3. The van der Waals surface area contributed by atoms with E-state index in [-0.39, 0.29) is 42.5 Å². The minimum atomic E-state index is -0.719. The lowest BCUT2D eigenvalue weighted by atomic mass is 10.1. The number of hydrogen-bond donors (Lipinski definition) is 2. The van der Waals surface area contributed by atoms with Crippen molar-refractivity contribution in [3.63, 3.8) is 0 Å². The third-order valence-corrected chi connectivity index (χ3v) is 5.29. The van der Waals surface area contributed by atoms with E-state index in [0.29, 0.717) is 16.6 Å². The molecule has 0 aliphatic carbocycles. The summed E-state index contributed by atoms with van der Waals surface area (Å²) in [4.78, 5) is 52.4. The van der Waals surface area contributed by atoms with E-state index in [0.717, 1.165) is 0 Å². The van der Waals surface area contributed by atoms with E-state index in [1.807, 2.05) is 0 Å². The van der Waals surface area contributed by atoms with E-state index >= 15 is 0 Å². The fraction of sp³-hybridized carbons (Fsp3) is 0.348. The molecule has 0 aromatic carbocycles. The van der Waals surface area contributed by atoms with Gasteiger partial charge in [0.25, 0.3) is 11.7 Å². The Morgan fingerprint density at radius 3 is 2.50 bits per heavy atom. The van der Waals surface area contributed by atoms with Gasteiger partial charge in [-0.15, -0.1) is 0 Å². The highest BCUT2D eigenvalue weighted by Gasteiger charge is 2.32. The molecule has 1 aliphatic rings. The lowest BCUT2D eigenvalue weighted by Crippen LogP contribution is -2.53. The number of carbonyl (C=O) groups is 3. The van der Waals surface area contributed by atoms with Gasteiger partial charge >= 0.3 is 6.09 Å². The van der Waals surface area contributed by atoms with Crippen LogP contribution in [0.5, 0.6) is 0 Å². The van der Waals surface area contributed by atoms with Crippen molar-refractivity contribution in [3.8, 4) is 0 Å². The SMILES string of the molecule is C=CC=N/C=C(\N)c1ncc(Cl)c2c(C(=O)C(=O)N3CCN(C(=O)OC(C)(C)C)CC3)c[nH]c12. The van der Waals surface area contributed by atoms with Crippen molar-refractivity contribution in [1.29, 1.82) is 0 Å². The predicted molar refractivity (Wildman–Crippen MR) is 131 cm³/mol. The minimum Gasteiger partial charge on any atom is -0.444 e. The summed E-state index contributed by atoms with van der Waals surface area (Å²) >= 11 is 6.33. The third-order valence-electron chi connectivity index (χ3n) is 5.00. The first-order valence-corrected chi connectivity index (χ1v) is 11.0. The van der Waals surface area contributed by atoms with Gasteiger partial charge in [0.2, 0.25) is 0 Å². The van der Waals surface area contributed by atoms with E-state index < -0.39 is 23.4 Å². The maximum Gasteiger partial charge on any atom is 0.410 e. The van der Waals surface area contributed by atoms with Crippen molar-refractivity contribution in [2.24, 2.45) is 10.7 Å². The number of ketones is 1. The van der Waals surface area contributed by atoms with Crippen molar-refractivity contribution < 1.29 is 19.1 Å². The van der Waals surface area contributed by atoms with Crippen LogP contribution < -0.4 is 5.73 Å². The number of rotatable bonds is 5. The van der Waals surface area contributed by atoms with Gasteiger partial charge < -0.3 is 25.3 Å². The number of nitrogens with one attached hydrogen (secondary N) is 1. The molecule has 3 N–H and O–H groups in total. The lowest BCUT2D eigenvalue weighted by molar-refractivity contribution is -0.128. The summed E-state index contributed by atoms with van der Waals surface area (Å²) < 4.78 is 5.37. The standard InChI is InChI=1S/C23H27ClN6O4/c1-5-6-26-13-16(25)18-19-17(15(24)12-28-18)14(11-27-19)20(31)21(32)29-7-9-30(10-8-29)22(33)34-23(2,3)4/h5-6,11-13,27H,1,7-10,25H2,2-4H3/b16-13-,26-6?. The molecule has 2 aromatic rings. The second-order valence-electron chi connectivity index (χ2n) is 8.61. The number of pyridine rings is 1. The Hall–Kier alpha value is -3.66. The molecule has 34 heavy (non-hydrogen) atoms. The molecule has 11 heteroatoms. The van der Waals surface area contributed by atoms with Crippen LogP contribution in [0.3, 0.4) is 0 Å². The molecular weight excluding hydrogens is 460 g/mol. The molecule has 1 aliphatic heterocycles. The first-order valence-electron chi connectivity index (χ1n) is 10.6. The molecule has 0 spiro atoms. The van der Waals surface area contributed by atoms with E-state index in [4.69, 9.17) is 22.1 Å². The van der Waals surface area contributed by atoms with Gasteiger partial charge in [0.05, 0.1) is 28.0 Å². The van der Waals surface area contributed by atoms with Crippen LogP contribution in [0.4, 0.5) is 4.79 Å². The zero-order chi connectivity index (χ0) is 25.0. The van der Waals surface area contributed by atoms with Gasteiger partial charge in [-0.2, -0.15) is 0 Å². The molecule has 0 saturated carbocycles. The normalized spacial score (nSPS) is 15.1. The Bertz CT molecular complexity index is 1190. The molecule has 1 saturated heterocycles. The summed E-state index contributed by atoms with van der Waals surface area (Å²) in [7, 11) is 0. The topological polar surface area (TPSA) is 134 Å². The second-order valence-corrected chi connectivity index (χ2v) is 9.02. The van der Waals surface area contributed by atoms with Gasteiger partial charge in [0, 0.05) is 50.2 Å². The number of hydrogen-bond acceptors (Lipinski definition) is 7. The fourth-order valence-corrected chi connectivity index (χ4v) is 3.67. The van der Waals surface area contributed by atoms with Crippen LogP contribution in [0, 0.1) is 0 Å². The highest BCUT2D eigenvalue weighted by Crippen LogP contribution is 2.30. The largest absolute Gasteiger partial charge is 0.444 e. The summed E-state index contributed by atoms with van der Waals surface area (Å²) in [5.41, 5.74) is 6.58. The van der Waals surface area contributed by atoms with Crippen LogP contribution >= 0.6 is 11.6 Å². The number of aromatic amines is 1. The molecule has 10 nitrogen and oxygen atoms in total. The average molecular weight is 487 g/mol. The summed E-state index contributed by atoms with van der Waals surface area (Å²) in [6, 6.07) is 0. The van der Waals surface area contributed by atoms with Crippen molar-refractivity contribution >= 4 is 52.2 Å². The van der Waals surface area contributed by atoms with Gasteiger partial charge in [-0.25, -0.2) is 4.79 Å². The third kappa shape index (κ3) is 5.45. The van der Waals surface area contributed by atoms with Crippen LogP contribution in [0.15, 0.2) is 36.2 Å². The van der Waals surface area contributed by atoms with Gasteiger partial charge in [-0.3, -0.25) is 19.6 Å². The first kappa shape index (κ1) is 25.0.